The van der Waals surface area contributed by atoms with Gasteiger partial charge >= 0.3 is 0 Å². The molecule has 0 aromatic heterocycles. The van der Waals surface area contributed by atoms with Crippen LogP contribution in [0, 0.1) is 5.92 Å². The lowest BCUT2D eigenvalue weighted by Gasteiger charge is -2.34. The highest BCUT2D eigenvalue weighted by atomic mass is 16.3. The summed E-state index contributed by atoms with van der Waals surface area (Å²) in [5.74, 6) is 1.21. The summed E-state index contributed by atoms with van der Waals surface area (Å²) in [6, 6.07) is 8.79. The average Bonchev–Trinajstić information content (AvgIpc) is 2.42. The maximum atomic E-state index is 9.30. The number of phenols is 1. The Balaban J connectivity index is 1.86. The molecule has 2 N–H and O–H groups in total. The van der Waals surface area contributed by atoms with Gasteiger partial charge in [0.25, 0.3) is 0 Å². The van der Waals surface area contributed by atoms with Crippen LogP contribution in [0.3, 0.4) is 0 Å². The third kappa shape index (κ3) is 4.24. The fourth-order valence-corrected chi connectivity index (χ4v) is 3.33. The fraction of sp³-hybridized carbons (Fsp3) is 0.647. The van der Waals surface area contributed by atoms with Gasteiger partial charge in [-0.3, -0.25) is 0 Å². The molecule has 1 aromatic carbocycles. The summed E-state index contributed by atoms with van der Waals surface area (Å²) in [6.45, 7) is 4.59. The van der Waals surface area contributed by atoms with Crippen molar-refractivity contribution in [1.82, 2.24) is 5.32 Å². The number of hydrogen-bond donors (Lipinski definition) is 2. The molecule has 1 saturated carbocycles. The van der Waals surface area contributed by atoms with Gasteiger partial charge < -0.3 is 10.4 Å². The van der Waals surface area contributed by atoms with E-state index < -0.39 is 0 Å². The predicted molar refractivity (Wildman–Crippen MR) is 80.4 cm³/mol. The molecular weight excluding hydrogens is 234 g/mol. The molecule has 0 radical (unpaired) electrons. The van der Waals surface area contributed by atoms with Gasteiger partial charge in [0.15, 0.2) is 0 Å². The highest BCUT2D eigenvalue weighted by Gasteiger charge is 2.24. The molecule has 0 aliphatic heterocycles. The van der Waals surface area contributed by atoms with E-state index in [-0.39, 0.29) is 0 Å². The summed E-state index contributed by atoms with van der Waals surface area (Å²) in [6.07, 6.45) is 7.83. The molecule has 0 heterocycles. The van der Waals surface area contributed by atoms with Gasteiger partial charge in [-0.15, -0.1) is 0 Å². The van der Waals surface area contributed by atoms with Crippen molar-refractivity contribution in [3.8, 4) is 5.75 Å². The number of phenolic OH excluding ortho intramolecular Hbond substituents is 1. The lowest BCUT2D eigenvalue weighted by atomic mass is 9.82. The lowest BCUT2D eigenvalue weighted by Crippen LogP contribution is -2.43. The van der Waals surface area contributed by atoms with E-state index in [1.54, 1.807) is 12.1 Å². The van der Waals surface area contributed by atoms with Gasteiger partial charge in [0.05, 0.1) is 0 Å². The quantitative estimate of drug-likeness (QED) is 0.843. The summed E-state index contributed by atoms with van der Waals surface area (Å²) in [5.41, 5.74) is 1.29. The molecule has 2 rings (SSSR count). The second-order valence-electron chi connectivity index (χ2n) is 6.00. The van der Waals surface area contributed by atoms with E-state index in [0.717, 1.165) is 12.3 Å². The van der Waals surface area contributed by atoms with Gasteiger partial charge in [0.1, 0.15) is 5.75 Å². The van der Waals surface area contributed by atoms with E-state index in [2.05, 4.69) is 19.2 Å². The number of nitrogens with one attached hydrogen (secondary N) is 1. The first-order chi connectivity index (χ1) is 9.19. The van der Waals surface area contributed by atoms with E-state index in [9.17, 15) is 5.11 Å². The first kappa shape index (κ1) is 14.4. The van der Waals surface area contributed by atoms with E-state index >= 15 is 0 Å². The lowest BCUT2D eigenvalue weighted by molar-refractivity contribution is 0.239. The predicted octanol–water partition coefficient (Wildman–Crippen LogP) is 3.88. The standard InChI is InChI=1S/C17H27NO/c1-3-15-6-4-5-7-17(15)18-13(2)12-14-8-10-16(19)11-9-14/h8-11,13,15,17-19H,3-7,12H2,1-2H3. The van der Waals surface area contributed by atoms with Crippen LogP contribution in [0.5, 0.6) is 5.75 Å². The number of hydrogen-bond acceptors (Lipinski definition) is 2. The van der Waals surface area contributed by atoms with E-state index in [4.69, 9.17) is 0 Å². The summed E-state index contributed by atoms with van der Waals surface area (Å²) < 4.78 is 0. The van der Waals surface area contributed by atoms with Crippen molar-refractivity contribution in [3.63, 3.8) is 0 Å². The van der Waals surface area contributed by atoms with Crippen molar-refractivity contribution in [2.24, 2.45) is 5.92 Å². The fourth-order valence-electron chi connectivity index (χ4n) is 3.33. The van der Waals surface area contributed by atoms with Gasteiger partial charge in [0.2, 0.25) is 0 Å². The van der Waals surface area contributed by atoms with Crippen LogP contribution in [0.15, 0.2) is 24.3 Å². The topological polar surface area (TPSA) is 32.3 Å². The van der Waals surface area contributed by atoms with Gasteiger partial charge in [-0.1, -0.05) is 38.3 Å². The minimum Gasteiger partial charge on any atom is -0.508 e. The second kappa shape index (κ2) is 6.95. The zero-order valence-corrected chi connectivity index (χ0v) is 12.2. The van der Waals surface area contributed by atoms with Crippen molar-refractivity contribution in [2.45, 2.75) is 64.5 Å². The maximum absolute atomic E-state index is 9.30. The molecular formula is C17H27NO. The zero-order valence-electron chi connectivity index (χ0n) is 12.2. The molecule has 106 valence electrons. The Morgan fingerprint density at radius 3 is 2.58 bits per heavy atom. The number of rotatable bonds is 5. The van der Waals surface area contributed by atoms with Crippen molar-refractivity contribution in [3.05, 3.63) is 29.8 Å². The van der Waals surface area contributed by atoms with Crippen molar-refractivity contribution in [2.75, 3.05) is 0 Å². The summed E-state index contributed by atoms with van der Waals surface area (Å²) in [4.78, 5) is 0. The van der Waals surface area contributed by atoms with Crippen molar-refractivity contribution >= 4 is 0 Å². The highest BCUT2D eigenvalue weighted by Crippen LogP contribution is 2.27. The zero-order chi connectivity index (χ0) is 13.7. The molecule has 1 aliphatic carbocycles. The van der Waals surface area contributed by atoms with Crippen LogP contribution in [-0.4, -0.2) is 17.2 Å². The molecule has 1 fully saturated rings. The first-order valence-corrected chi connectivity index (χ1v) is 7.73. The molecule has 19 heavy (non-hydrogen) atoms. The Morgan fingerprint density at radius 1 is 1.21 bits per heavy atom. The third-order valence-electron chi connectivity index (χ3n) is 4.41. The van der Waals surface area contributed by atoms with Gasteiger partial charge in [0, 0.05) is 12.1 Å². The van der Waals surface area contributed by atoms with Crippen LogP contribution >= 0.6 is 0 Å². The monoisotopic (exact) mass is 261 g/mol. The summed E-state index contributed by atoms with van der Waals surface area (Å²) >= 11 is 0. The van der Waals surface area contributed by atoms with E-state index in [1.807, 2.05) is 12.1 Å². The molecule has 3 atom stereocenters. The van der Waals surface area contributed by atoms with Gasteiger partial charge in [-0.05, 0) is 49.8 Å². The van der Waals surface area contributed by atoms with Crippen LogP contribution in [0.2, 0.25) is 0 Å². The largest absolute Gasteiger partial charge is 0.508 e. The molecule has 0 spiro atoms. The Bertz CT molecular complexity index is 373. The van der Waals surface area contributed by atoms with E-state index in [1.165, 1.54) is 37.7 Å². The number of aromatic hydroxyl groups is 1. The molecule has 1 aromatic rings. The smallest absolute Gasteiger partial charge is 0.115 e. The van der Waals surface area contributed by atoms with Crippen LogP contribution in [0.4, 0.5) is 0 Å². The van der Waals surface area contributed by atoms with Crippen molar-refractivity contribution < 1.29 is 5.11 Å². The van der Waals surface area contributed by atoms with Crippen LogP contribution < -0.4 is 5.32 Å². The van der Waals surface area contributed by atoms with E-state index in [0.29, 0.717) is 17.8 Å². The average molecular weight is 261 g/mol. The Labute approximate surface area is 117 Å². The second-order valence-corrected chi connectivity index (χ2v) is 6.00. The summed E-state index contributed by atoms with van der Waals surface area (Å²) in [5, 5.41) is 13.1. The number of benzene rings is 1. The Hall–Kier alpha value is -1.02. The normalized spacial score (nSPS) is 25.2. The maximum Gasteiger partial charge on any atom is 0.115 e. The first-order valence-electron chi connectivity index (χ1n) is 7.73. The molecule has 0 amide bonds. The van der Waals surface area contributed by atoms with Crippen molar-refractivity contribution in [1.29, 1.82) is 0 Å². The Morgan fingerprint density at radius 2 is 1.89 bits per heavy atom. The molecule has 0 bridgehead atoms. The molecule has 2 heteroatoms. The third-order valence-corrected chi connectivity index (χ3v) is 4.41. The summed E-state index contributed by atoms with van der Waals surface area (Å²) in [7, 11) is 0. The minimum atomic E-state index is 0.350. The highest BCUT2D eigenvalue weighted by molar-refractivity contribution is 5.26. The Kier molecular flexibility index (Phi) is 5.26. The van der Waals surface area contributed by atoms with Crippen LogP contribution in [-0.2, 0) is 6.42 Å². The molecule has 2 nitrogen and oxygen atoms in total. The van der Waals surface area contributed by atoms with Crippen LogP contribution in [0.25, 0.3) is 0 Å². The SMILES string of the molecule is CCC1CCCCC1NC(C)Cc1ccc(O)cc1. The minimum absolute atomic E-state index is 0.350. The molecule has 0 saturated heterocycles. The van der Waals surface area contributed by atoms with Gasteiger partial charge in [-0.25, -0.2) is 0 Å². The molecule has 1 aliphatic rings. The van der Waals surface area contributed by atoms with Crippen LogP contribution in [0.1, 0.15) is 51.5 Å². The van der Waals surface area contributed by atoms with Gasteiger partial charge in [-0.2, -0.15) is 0 Å². The molecule has 3 unspecified atom stereocenters.